The Bertz CT molecular complexity index is 327. The predicted molar refractivity (Wildman–Crippen MR) is 77.5 cm³/mol. The molecule has 114 valence electrons. The number of carbonyl (C=O) groups is 3. The van der Waals surface area contributed by atoms with Crippen LogP contribution < -0.4 is 10.6 Å². The quantitative estimate of drug-likeness (QED) is 0.364. The molecule has 0 bridgehead atoms. The van der Waals surface area contributed by atoms with E-state index in [4.69, 9.17) is 0 Å². The molecule has 0 aromatic rings. The van der Waals surface area contributed by atoms with Crippen LogP contribution in [0.1, 0.15) is 26.7 Å². The first-order valence-corrected chi connectivity index (χ1v) is 7.27. The Hall–Kier alpha value is -0.192. The third kappa shape index (κ3) is 9.67. The first-order valence-electron chi connectivity index (χ1n) is 6.12. The first kappa shape index (κ1) is 22.1. The Morgan fingerprint density at radius 2 is 1.80 bits per heavy atom. The van der Waals surface area contributed by atoms with Gasteiger partial charge in [-0.3, -0.25) is 16.6 Å². The van der Waals surface area contributed by atoms with Gasteiger partial charge in [-0.15, -0.1) is 6.42 Å². The number of carbonyl (C=O) groups excluding carboxylic acids is 3. The second-order valence-corrected chi connectivity index (χ2v) is 5.35. The summed E-state index contributed by atoms with van der Waals surface area (Å²) in [4.78, 5) is 33.7. The van der Waals surface area contributed by atoms with Gasteiger partial charge in [-0.2, -0.15) is 11.8 Å². The van der Waals surface area contributed by atoms with Crippen molar-refractivity contribution in [2.75, 3.05) is 11.5 Å². The number of rotatable bonds is 10. The van der Waals surface area contributed by atoms with Gasteiger partial charge in [0.1, 0.15) is 11.6 Å². The second-order valence-electron chi connectivity index (χ2n) is 4.20. The summed E-state index contributed by atoms with van der Waals surface area (Å²) in [5, 5.41) is 5.31. The summed E-state index contributed by atoms with van der Waals surface area (Å²) < 4.78 is 0. The average molecular weight is 470 g/mol. The number of ketones is 2. The smallest absolute Gasteiger partial charge is 0.463 e. The van der Waals surface area contributed by atoms with Crippen LogP contribution in [0.15, 0.2) is 0 Å². The molecule has 2 atom stereocenters. The SMILES string of the molecule is [CH2-]CC(=O)C(CCSCC(N[CH2-])C(C)=O)NC(C)=O.[W+2]. The van der Waals surface area contributed by atoms with Gasteiger partial charge >= 0.3 is 21.1 Å². The molecule has 0 aliphatic carbocycles. The summed E-state index contributed by atoms with van der Waals surface area (Å²) in [6.07, 6.45) is 0.701. The third-order valence-electron chi connectivity index (χ3n) is 2.59. The number of thioether (sulfide) groups is 1. The molecule has 7 heteroatoms. The van der Waals surface area contributed by atoms with Crippen molar-refractivity contribution >= 4 is 29.2 Å². The molecule has 0 saturated heterocycles. The summed E-state index contributed by atoms with van der Waals surface area (Å²) in [5.74, 6) is 1.02. The fourth-order valence-electron chi connectivity index (χ4n) is 1.46. The van der Waals surface area contributed by atoms with E-state index in [0.29, 0.717) is 17.9 Å². The monoisotopic (exact) mass is 470 g/mol. The Balaban J connectivity index is 0. The van der Waals surface area contributed by atoms with E-state index in [0.717, 1.165) is 0 Å². The van der Waals surface area contributed by atoms with E-state index < -0.39 is 6.04 Å². The normalized spacial score (nSPS) is 13.0. The maximum absolute atomic E-state index is 11.6. The molecule has 0 aliphatic heterocycles. The average Bonchev–Trinajstić information content (AvgIpc) is 2.35. The van der Waals surface area contributed by atoms with Crippen LogP contribution in [0.4, 0.5) is 0 Å². The van der Waals surface area contributed by atoms with Crippen molar-refractivity contribution in [3.8, 4) is 0 Å². The van der Waals surface area contributed by atoms with Crippen LogP contribution in [-0.4, -0.2) is 41.1 Å². The minimum Gasteiger partial charge on any atom is -0.463 e. The van der Waals surface area contributed by atoms with Crippen LogP contribution in [-0.2, 0) is 35.4 Å². The molecule has 0 heterocycles. The van der Waals surface area contributed by atoms with Crippen LogP contribution in [0.2, 0.25) is 0 Å². The number of hydrogen-bond acceptors (Lipinski definition) is 5. The van der Waals surface area contributed by atoms with Gasteiger partial charge in [-0.1, -0.05) is 0 Å². The van der Waals surface area contributed by atoms with E-state index in [9.17, 15) is 14.4 Å². The molecule has 0 rings (SSSR count). The maximum Gasteiger partial charge on any atom is 2.00 e. The first-order chi connectivity index (χ1) is 8.92. The summed E-state index contributed by atoms with van der Waals surface area (Å²) in [5.41, 5.74) is 0. The van der Waals surface area contributed by atoms with E-state index in [1.807, 2.05) is 0 Å². The van der Waals surface area contributed by atoms with Gasteiger partial charge in [0.15, 0.2) is 0 Å². The Labute approximate surface area is 139 Å². The minimum absolute atomic E-state index is 0. The van der Waals surface area contributed by atoms with Crippen molar-refractivity contribution in [2.45, 2.75) is 38.8 Å². The maximum atomic E-state index is 11.6. The molecule has 0 aromatic carbocycles. The molecule has 2 unspecified atom stereocenters. The summed E-state index contributed by atoms with van der Waals surface area (Å²) in [6, 6.07) is -0.751. The number of nitrogens with one attached hydrogen (secondary N) is 2. The van der Waals surface area contributed by atoms with Gasteiger partial charge < -0.3 is 22.4 Å². The Morgan fingerprint density at radius 1 is 1.20 bits per heavy atom. The molecule has 20 heavy (non-hydrogen) atoms. The predicted octanol–water partition coefficient (Wildman–Crippen LogP) is 0.744. The molecule has 2 N–H and O–H groups in total. The van der Waals surface area contributed by atoms with E-state index in [1.54, 1.807) is 11.8 Å². The van der Waals surface area contributed by atoms with Crippen LogP contribution in [0.5, 0.6) is 0 Å². The van der Waals surface area contributed by atoms with Crippen molar-refractivity contribution < 1.29 is 35.4 Å². The van der Waals surface area contributed by atoms with Gasteiger partial charge in [-0.25, -0.2) is 0 Å². The van der Waals surface area contributed by atoms with Gasteiger partial charge in [0.2, 0.25) is 5.91 Å². The molecule has 0 fully saturated rings. The van der Waals surface area contributed by atoms with Crippen LogP contribution in [0.25, 0.3) is 0 Å². The zero-order chi connectivity index (χ0) is 14.8. The largest absolute Gasteiger partial charge is 2.00 e. The molecule has 1 amide bonds. The van der Waals surface area contributed by atoms with Crippen molar-refractivity contribution in [3.05, 3.63) is 14.0 Å². The molecule has 5 nitrogen and oxygen atoms in total. The summed E-state index contributed by atoms with van der Waals surface area (Å²) >= 11 is 1.55. The van der Waals surface area contributed by atoms with Crippen molar-refractivity contribution in [1.29, 1.82) is 0 Å². The molecule has 0 aromatic heterocycles. The fourth-order valence-corrected chi connectivity index (χ4v) is 2.61. The molecule has 0 saturated carbocycles. The molecule has 0 spiro atoms. The van der Waals surface area contributed by atoms with E-state index in [1.165, 1.54) is 13.8 Å². The van der Waals surface area contributed by atoms with Gasteiger partial charge in [0.05, 0.1) is 6.04 Å². The van der Waals surface area contributed by atoms with Crippen molar-refractivity contribution in [2.24, 2.45) is 0 Å². The molecule has 0 radical (unpaired) electrons. The Kier molecular flexibility index (Phi) is 13.9. The molecule has 0 aliphatic rings. The number of Topliss-reactive ketones (excluding diaryl/α,β-unsaturated/α-hetero) is 2. The van der Waals surface area contributed by atoms with Crippen molar-refractivity contribution in [3.63, 3.8) is 0 Å². The summed E-state index contributed by atoms with van der Waals surface area (Å²) in [6.45, 7) is 6.43. The van der Waals surface area contributed by atoms with Gasteiger partial charge in [0, 0.05) is 18.7 Å². The zero-order valence-corrected chi connectivity index (χ0v) is 15.7. The molecular weight excluding hydrogens is 448 g/mol. The number of hydrogen-bond donors (Lipinski definition) is 2. The van der Waals surface area contributed by atoms with Crippen LogP contribution in [0, 0.1) is 14.0 Å². The van der Waals surface area contributed by atoms with Gasteiger partial charge in [-0.05, 0) is 19.1 Å². The third-order valence-corrected chi connectivity index (χ3v) is 3.68. The van der Waals surface area contributed by atoms with Gasteiger partial charge in [0.25, 0.3) is 0 Å². The second kappa shape index (κ2) is 12.5. The topological polar surface area (TPSA) is 75.3 Å². The standard InChI is InChI=1S/C13H22N2O3S.W/c1-5-13(18)11(15-10(3)17)6-7-19-8-12(14-4)9(2)16;/h11-12,14H,1,4-8H2,2-3H3,(H,15,17);/q-2;+2. The van der Waals surface area contributed by atoms with Crippen LogP contribution in [0.3, 0.4) is 0 Å². The van der Waals surface area contributed by atoms with E-state index in [-0.39, 0.29) is 51.0 Å². The molecular formula is C13H22N2O3SW. The van der Waals surface area contributed by atoms with E-state index >= 15 is 0 Å². The number of amides is 1. The fraction of sp³-hybridized carbons (Fsp3) is 0.615. The Morgan fingerprint density at radius 3 is 2.20 bits per heavy atom. The summed E-state index contributed by atoms with van der Waals surface area (Å²) in [7, 11) is 3.50. The zero-order valence-electron chi connectivity index (χ0n) is 11.9. The van der Waals surface area contributed by atoms with Crippen molar-refractivity contribution in [1.82, 2.24) is 10.6 Å². The minimum atomic E-state index is -0.481. The van der Waals surface area contributed by atoms with E-state index in [2.05, 4.69) is 24.6 Å². The van der Waals surface area contributed by atoms with Crippen LogP contribution >= 0.6 is 11.8 Å².